The first kappa shape index (κ1) is 18.3. The molecule has 0 saturated heterocycles. The minimum Gasteiger partial charge on any atom is -0.492 e. The number of likely N-dealkylation sites (N-methyl/N-ethyl adjacent to an activating group) is 1. The molecule has 1 aliphatic rings. The van der Waals surface area contributed by atoms with E-state index < -0.39 is 0 Å². The summed E-state index contributed by atoms with van der Waals surface area (Å²) in [4.78, 5) is 5.00. The fraction of sp³-hybridized carbons (Fsp3) is 0.700. The third-order valence-electron chi connectivity index (χ3n) is 4.52. The van der Waals surface area contributed by atoms with Crippen LogP contribution in [0.2, 0.25) is 0 Å². The Bertz CT molecular complexity index is 431. The standard InChI is InChI=1S/C20H34N2O/c1-17(2)14-22(15-18(3)19-10-11-19)16-21(4)12-13-23-20-8-6-5-7-9-20/h5-9,17-19H,10-16H2,1-4H3. The summed E-state index contributed by atoms with van der Waals surface area (Å²) in [5.74, 6) is 3.50. The van der Waals surface area contributed by atoms with E-state index in [1.54, 1.807) is 0 Å². The van der Waals surface area contributed by atoms with Crippen LogP contribution in [0.5, 0.6) is 5.75 Å². The maximum Gasteiger partial charge on any atom is 0.119 e. The zero-order valence-electron chi connectivity index (χ0n) is 15.4. The summed E-state index contributed by atoms with van der Waals surface area (Å²) in [6.45, 7) is 12.2. The molecule has 2 rings (SSSR count). The number of hydrogen-bond acceptors (Lipinski definition) is 3. The summed E-state index contributed by atoms with van der Waals surface area (Å²) in [6, 6.07) is 10.1. The molecule has 1 fully saturated rings. The van der Waals surface area contributed by atoms with E-state index in [0.717, 1.165) is 43.3 Å². The first-order chi connectivity index (χ1) is 11.0. The molecule has 1 unspecified atom stereocenters. The quantitative estimate of drug-likeness (QED) is 0.574. The van der Waals surface area contributed by atoms with Gasteiger partial charge in [0, 0.05) is 19.6 Å². The van der Waals surface area contributed by atoms with Gasteiger partial charge in [0.1, 0.15) is 12.4 Å². The predicted molar refractivity (Wildman–Crippen MR) is 97.7 cm³/mol. The van der Waals surface area contributed by atoms with Gasteiger partial charge in [-0.1, -0.05) is 39.0 Å². The van der Waals surface area contributed by atoms with Crippen molar-refractivity contribution < 1.29 is 4.74 Å². The van der Waals surface area contributed by atoms with E-state index >= 15 is 0 Å². The van der Waals surface area contributed by atoms with Gasteiger partial charge in [0.15, 0.2) is 0 Å². The highest BCUT2D eigenvalue weighted by atomic mass is 16.5. The van der Waals surface area contributed by atoms with Crippen LogP contribution < -0.4 is 4.74 Å². The molecule has 0 aliphatic heterocycles. The molecule has 0 spiro atoms. The average Bonchev–Trinajstić information content (AvgIpc) is 3.32. The third kappa shape index (κ3) is 7.36. The lowest BCUT2D eigenvalue weighted by Gasteiger charge is -2.31. The Hall–Kier alpha value is -1.06. The Labute approximate surface area is 142 Å². The van der Waals surface area contributed by atoms with Gasteiger partial charge < -0.3 is 4.74 Å². The third-order valence-corrected chi connectivity index (χ3v) is 4.52. The largest absolute Gasteiger partial charge is 0.492 e. The maximum atomic E-state index is 5.81. The van der Waals surface area contributed by atoms with Crippen LogP contribution in [0.15, 0.2) is 30.3 Å². The zero-order chi connectivity index (χ0) is 16.7. The van der Waals surface area contributed by atoms with Crippen molar-refractivity contribution in [2.75, 3.05) is 40.0 Å². The van der Waals surface area contributed by atoms with E-state index in [1.165, 1.54) is 25.9 Å². The molecule has 1 atom stereocenters. The van der Waals surface area contributed by atoms with Gasteiger partial charge in [-0.25, -0.2) is 0 Å². The fourth-order valence-electron chi connectivity index (χ4n) is 3.18. The van der Waals surface area contributed by atoms with E-state index in [0.29, 0.717) is 0 Å². The first-order valence-corrected chi connectivity index (χ1v) is 9.13. The van der Waals surface area contributed by atoms with E-state index in [2.05, 4.69) is 37.6 Å². The van der Waals surface area contributed by atoms with E-state index in [1.807, 2.05) is 30.3 Å². The van der Waals surface area contributed by atoms with Crippen molar-refractivity contribution in [3.63, 3.8) is 0 Å². The van der Waals surface area contributed by atoms with Gasteiger partial charge in [-0.15, -0.1) is 0 Å². The number of hydrogen-bond donors (Lipinski definition) is 0. The summed E-state index contributed by atoms with van der Waals surface area (Å²) in [5, 5.41) is 0. The van der Waals surface area contributed by atoms with Crippen LogP contribution in [0, 0.1) is 17.8 Å². The van der Waals surface area contributed by atoms with Crippen LogP contribution in [0.25, 0.3) is 0 Å². The van der Waals surface area contributed by atoms with Crippen molar-refractivity contribution >= 4 is 0 Å². The Kier molecular flexibility index (Phi) is 7.38. The number of ether oxygens (including phenoxy) is 1. The second-order valence-corrected chi connectivity index (χ2v) is 7.63. The SMILES string of the molecule is CC(C)CN(CC(C)C1CC1)CN(C)CCOc1ccccc1. The van der Waals surface area contributed by atoms with Crippen molar-refractivity contribution in [1.29, 1.82) is 0 Å². The second-order valence-electron chi connectivity index (χ2n) is 7.63. The number of nitrogens with zero attached hydrogens (tertiary/aromatic N) is 2. The molecule has 1 aromatic rings. The lowest BCUT2D eigenvalue weighted by atomic mass is 10.1. The van der Waals surface area contributed by atoms with Crippen molar-refractivity contribution in [1.82, 2.24) is 9.80 Å². The normalized spacial score (nSPS) is 16.3. The highest BCUT2D eigenvalue weighted by Gasteiger charge is 2.29. The summed E-state index contributed by atoms with van der Waals surface area (Å²) in [5.41, 5.74) is 0. The lowest BCUT2D eigenvalue weighted by Crippen LogP contribution is -2.41. The topological polar surface area (TPSA) is 15.7 Å². The Morgan fingerprint density at radius 2 is 1.78 bits per heavy atom. The highest BCUT2D eigenvalue weighted by Crippen LogP contribution is 2.36. The Balaban J connectivity index is 1.71. The molecule has 23 heavy (non-hydrogen) atoms. The maximum absolute atomic E-state index is 5.81. The summed E-state index contributed by atoms with van der Waals surface area (Å²) in [7, 11) is 2.20. The van der Waals surface area contributed by atoms with Crippen molar-refractivity contribution in [3.05, 3.63) is 30.3 Å². The molecule has 1 aliphatic carbocycles. The van der Waals surface area contributed by atoms with Gasteiger partial charge in [-0.2, -0.15) is 0 Å². The smallest absolute Gasteiger partial charge is 0.119 e. The van der Waals surface area contributed by atoms with Crippen LogP contribution in [0.3, 0.4) is 0 Å². The van der Waals surface area contributed by atoms with Gasteiger partial charge in [-0.05, 0) is 49.8 Å². The van der Waals surface area contributed by atoms with Crippen molar-refractivity contribution in [2.24, 2.45) is 17.8 Å². The Morgan fingerprint density at radius 1 is 1.09 bits per heavy atom. The molecule has 0 aromatic heterocycles. The number of benzene rings is 1. The van der Waals surface area contributed by atoms with Crippen LogP contribution in [-0.2, 0) is 0 Å². The fourth-order valence-corrected chi connectivity index (χ4v) is 3.18. The van der Waals surface area contributed by atoms with Gasteiger partial charge >= 0.3 is 0 Å². The van der Waals surface area contributed by atoms with Gasteiger partial charge in [0.25, 0.3) is 0 Å². The molecule has 0 bridgehead atoms. The highest BCUT2D eigenvalue weighted by molar-refractivity contribution is 5.20. The van der Waals surface area contributed by atoms with Gasteiger partial charge in [0.2, 0.25) is 0 Å². The first-order valence-electron chi connectivity index (χ1n) is 9.13. The molecular weight excluding hydrogens is 284 g/mol. The van der Waals surface area contributed by atoms with Crippen LogP contribution >= 0.6 is 0 Å². The lowest BCUT2D eigenvalue weighted by molar-refractivity contribution is 0.109. The van der Waals surface area contributed by atoms with E-state index in [4.69, 9.17) is 4.74 Å². The van der Waals surface area contributed by atoms with E-state index in [9.17, 15) is 0 Å². The van der Waals surface area contributed by atoms with Crippen LogP contribution in [0.1, 0.15) is 33.6 Å². The molecule has 1 saturated carbocycles. The minimum atomic E-state index is 0.718. The summed E-state index contributed by atoms with van der Waals surface area (Å²) in [6.07, 6.45) is 2.88. The molecule has 0 radical (unpaired) electrons. The molecule has 1 aromatic carbocycles. The minimum absolute atomic E-state index is 0.718. The van der Waals surface area contributed by atoms with Gasteiger partial charge in [0.05, 0.1) is 6.67 Å². The van der Waals surface area contributed by atoms with Crippen molar-refractivity contribution in [2.45, 2.75) is 33.6 Å². The van der Waals surface area contributed by atoms with Crippen molar-refractivity contribution in [3.8, 4) is 5.75 Å². The van der Waals surface area contributed by atoms with Gasteiger partial charge in [-0.3, -0.25) is 9.80 Å². The molecular formula is C20H34N2O. The molecule has 3 nitrogen and oxygen atoms in total. The van der Waals surface area contributed by atoms with E-state index in [-0.39, 0.29) is 0 Å². The summed E-state index contributed by atoms with van der Waals surface area (Å²) >= 11 is 0. The van der Waals surface area contributed by atoms with Crippen LogP contribution in [0.4, 0.5) is 0 Å². The average molecular weight is 319 g/mol. The monoisotopic (exact) mass is 318 g/mol. The zero-order valence-corrected chi connectivity index (χ0v) is 15.4. The Morgan fingerprint density at radius 3 is 2.39 bits per heavy atom. The number of para-hydroxylation sites is 1. The number of rotatable bonds is 11. The second kappa shape index (κ2) is 9.29. The summed E-state index contributed by atoms with van der Waals surface area (Å²) < 4.78 is 5.81. The molecule has 0 amide bonds. The molecule has 130 valence electrons. The molecule has 0 N–H and O–H groups in total. The predicted octanol–water partition coefficient (Wildman–Crippen LogP) is 3.96. The molecule has 0 heterocycles. The van der Waals surface area contributed by atoms with Crippen LogP contribution in [-0.4, -0.2) is 49.8 Å². The molecule has 3 heteroatoms.